The molecule has 2 aromatic carbocycles. The zero-order chi connectivity index (χ0) is 17.5. The van der Waals surface area contributed by atoms with Crippen molar-refractivity contribution in [3.63, 3.8) is 0 Å². The van der Waals surface area contributed by atoms with Crippen LogP contribution in [-0.4, -0.2) is 38.5 Å². The van der Waals surface area contributed by atoms with E-state index >= 15 is 0 Å². The minimum atomic E-state index is -1.10. The minimum Gasteiger partial charge on any atom is -0.491 e. The second-order valence-corrected chi connectivity index (χ2v) is 5.08. The molecule has 1 N–H and O–H groups in total. The molecule has 24 heavy (non-hydrogen) atoms. The van der Waals surface area contributed by atoms with Crippen molar-refractivity contribution >= 4 is 5.97 Å². The summed E-state index contributed by atoms with van der Waals surface area (Å²) < 4.78 is 28.5. The van der Waals surface area contributed by atoms with E-state index in [0.29, 0.717) is 23.5 Å². The largest absolute Gasteiger partial charge is 0.491 e. The van der Waals surface area contributed by atoms with E-state index in [2.05, 4.69) is 0 Å². The van der Waals surface area contributed by atoms with Crippen molar-refractivity contribution in [2.24, 2.45) is 0 Å². The molecule has 0 heterocycles. The average Bonchev–Trinajstić information content (AvgIpc) is 2.60. The first-order valence-corrected chi connectivity index (χ1v) is 7.33. The highest BCUT2D eigenvalue weighted by Gasteiger charge is 2.16. The summed E-state index contributed by atoms with van der Waals surface area (Å²) in [5, 5.41) is 10.5. The summed E-state index contributed by atoms with van der Waals surface area (Å²) >= 11 is 0. The van der Waals surface area contributed by atoms with Crippen molar-refractivity contribution < 1.29 is 28.5 Å². The molecule has 0 aliphatic heterocycles. The van der Waals surface area contributed by atoms with Crippen LogP contribution in [0.5, 0.6) is 5.75 Å². The molecular formula is C18H19FO5. The van der Waals surface area contributed by atoms with Crippen LogP contribution in [0.2, 0.25) is 0 Å². The fourth-order valence-electron chi connectivity index (χ4n) is 2.21. The number of carbonyl (C=O) groups is 1. The van der Waals surface area contributed by atoms with Gasteiger partial charge in [-0.25, -0.2) is 9.18 Å². The van der Waals surface area contributed by atoms with Crippen LogP contribution >= 0.6 is 0 Å². The predicted octanol–water partition coefficient (Wildman–Crippen LogP) is 2.72. The molecule has 1 unspecified atom stereocenters. The fourth-order valence-corrected chi connectivity index (χ4v) is 2.21. The van der Waals surface area contributed by atoms with Gasteiger partial charge in [-0.3, -0.25) is 0 Å². The van der Waals surface area contributed by atoms with E-state index in [9.17, 15) is 14.3 Å². The molecule has 5 nitrogen and oxygen atoms in total. The van der Waals surface area contributed by atoms with Crippen LogP contribution in [0, 0.1) is 5.82 Å². The molecule has 2 aromatic rings. The Bertz CT molecular complexity index is 702. The van der Waals surface area contributed by atoms with E-state index in [1.54, 1.807) is 19.2 Å². The quantitative estimate of drug-likeness (QED) is 0.623. The Morgan fingerprint density at radius 2 is 1.92 bits per heavy atom. The lowest BCUT2D eigenvalue weighted by atomic mass is 9.99. The third-order valence-corrected chi connectivity index (χ3v) is 3.39. The number of rotatable bonds is 7. The van der Waals surface area contributed by atoms with E-state index in [4.69, 9.17) is 14.2 Å². The van der Waals surface area contributed by atoms with Gasteiger partial charge in [-0.2, -0.15) is 0 Å². The van der Waals surface area contributed by atoms with E-state index < -0.39 is 17.9 Å². The first-order chi connectivity index (χ1) is 11.5. The highest BCUT2D eigenvalue weighted by molar-refractivity contribution is 5.90. The molecule has 0 amide bonds. The third-order valence-electron chi connectivity index (χ3n) is 3.39. The summed E-state index contributed by atoms with van der Waals surface area (Å²) in [4.78, 5) is 11.8. The van der Waals surface area contributed by atoms with Gasteiger partial charge < -0.3 is 19.3 Å². The number of methoxy groups -OCH3 is 2. The molecular weight excluding hydrogens is 315 g/mol. The predicted molar refractivity (Wildman–Crippen MR) is 85.6 cm³/mol. The van der Waals surface area contributed by atoms with Gasteiger partial charge in [-0.1, -0.05) is 12.1 Å². The molecule has 6 heteroatoms. The van der Waals surface area contributed by atoms with E-state index in [0.717, 1.165) is 0 Å². The van der Waals surface area contributed by atoms with Crippen molar-refractivity contribution in [3.8, 4) is 5.75 Å². The van der Waals surface area contributed by atoms with Crippen LogP contribution in [0.3, 0.4) is 0 Å². The lowest BCUT2D eigenvalue weighted by Crippen LogP contribution is -2.09. The number of hydrogen-bond acceptors (Lipinski definition) is 5. The van der Waals surface area contributed by atoms with Crippen molar-refractivity contribution in [2.75, 3.05) is 27.4 Å². The average molecular weight is 334 g/mol. The van der Waals surface area contributed by atoms with Gasteiger partial charge in [0, 0.05) is 7.11 Å². The Morgan fingerprint density at radius 3 is 2.58 bits per heavy atom. The number of aliphatic hydroxyl groups excluding tert-OH is 1. The number of aliphatic hydroxyl groups is 1. The standard InChI is InChI=1S/C18H19FO5/c1-22-6-7-24-16-10-13(8-14(11-16)18(21)23-2)17(20)12-4-3-5-15(19)9-12/h3-5,8-11,17,20H,6-7H2,1-2H3. The smallest absolute Gasteiger partial charge is 0.337 e. The van der Waals surface area contributed by atoms with Crippen molar-refractivity contribution in [2.45, 2.75) is 6.10 Å². The monoisotopic (exact) mass is 334 g/mol. The number of ether oxygens (including phenoxy) is 3. The van der Waals surface area contributed by atoms with Crippen molar-refractivity contribution in [1.29, 1.82) is 0 Å². The molecule has 2 rings (SSSR count). The molecule has 0 bridgehead atoms. The number of benzene rings is 2. The van der Waals surface area contributed by atoms with E-state index in [1.807, 2.05) is 0 Å². The van der Waals surface area contributed by atoms with Crippen molar-refractivity contribution in [1.82, 2.24) is 0 Å². The molecule has 0 aromatic heterocycles. The van der Waals surface area contributed by atoms with Gasteiger partial charge in [0.1, 0.15) is 24.3 Å². The van der Waals surface area contributed by atoms with E-state index in [1.165, 1.54) is 37.4 Å². The molecule has 0 saturated heterocycles. The molecule has 0 aliphatic carbocycles. The van der Waals surface area contributed by atoms with Gasteiger partial charge in [0.25, 0.3) is 0 Å². The van der Waals surface area contributed by atoms with Crippen LogP contribution in [-0.2, 0) is 9.47 Å². The number of carbonyl (C=O) groups excluding carboxylic acids is 1. The SMILES string of the molecule is COCCOc1cc(C(=O)OC)cc(C(O)c2cccc(F)c2)c1. The van der Waals surface area contributed by atoms with Crippen LogP contribution in [0.15, 0.2) is 42.5 Å². The minimum absolute atomic E-state index is 0.234. The van der Waals surface area contributed by atoms with Crippen molar-refractivity contribution in [3.05, 3.63) is 65.0 Å². The molecule has 0 radical (unpaired) electrons. The van der Waals surface area contributed by atoms with Crippen LogP contribution in [0.25, 0.3) is 0 Å². The van der Waals surface area contributed by atoms with Crippen LogP contribution < -0.4 is 4.74 Å². The van der Waals surface area contributed by atoms with Gasteiger partial charge in [0.15, 0.2) is 0 Å². The Hall–Kier alpha value is -2.44. The van der Waals surface area contributed by atoms with Gasteiger partial charge in [-0.05, 0) is 41.5 Å². The Morgan fingerprint density at radius 1 is 1.12 bits per heavy atom. The summed E-state index contributed by atoms with van der Waals surface area (Å²) in [6, 6.07) is 10.2. The Labute approximate surface area is 139 Å². The molecule has 0 saturated carbocycles. The number of esters is 1. The topological polar surface area (TPSA) is 65.0 Å². The second kappa shape index (κ2) is 8.42. The summed E-state index contributed by atoms with van der Waals surface area (Å²) in [5.74, 6) is -0.618. The normalized spacial score (nSPS) is 11.8. The van der Waals surface area contributed by atoms with Crippen LogP contribution in [0.1, 0.15) is 27.6 Å². The molecule has 0 aliphatic rings. The molecule has 0 fully saturated rings. The summed E-state index contributed by atoms with van der Waals surface area (Å²) in [5.41, 5.74) is 1.01. The zero-order valence-corrected chi connectivity index (χ0v) is 13.5. The first kappa shape index (κ1) is 17.9. The van der Waals surface area contributed by atoms with Gasteiger partial charge in [0.05, 0.1) is 19.3 Å². The number of halogens is 1. The van der Waals surface area contributed by atoms with Crippen LogP contribution in [0.4, 0.5) is 4.39 Å². The number of hydrogen-bond donors (Lipinski definition) is 1. The van der Waals surface area contributed by atoms with Gasteiger partial charge in [-0.15, -0.1) is 0 Å². The Balaban J connectivity index is 2.36. The summed E-state index contributed by atoms with van der Waals surface area (Å²) in [6.45, 7) is 0.668. The fraction of sp³-hybridized carbons (Fsp3) is 0.278. The first-order valence-electron chi connectivity index (χ1n) is 7.33. The maximum absolute atomic E-state index is 13.4. The third kappa shape index (κ3) is 4.53. The van der Waals surface area contributed by atoms with E-state index in [-0.39, 0.29) is 12.2 Å². The summed E-state index contributed by atoms with van der Waals surface area (Å²) in [6.07, 6.45) is -1.10. The lowest BCUT2D eigenvalue weighted by molar-refractivity contribution is 0.0599. The Kier molecular flexibility index (Phi) is 6.28. The van der Waals surface area contributed by atoms with Gasteiger partial charge in [0.2, 0.25) is 0 Å². The molecule has 0 spiro atoms. The maximum atomic E-state index is 13.4. The highest BCUT2D eigenvalue weighted by atomic mass is 19.1. The van der Waals surface area contributed by atoms with Gasteiger partial charge >= 0.3 is 5.97 Å². The second-order valence-electron chi connectivity index (χ2n) is 5.08. The highest BCUT2D eigenvalue weighted by Crippen LogP contribution is 2.27. The lowest BCUT2D eigenvalue weighted by Gasteiger charge is -2.15. The zero-order valence-electron chi connectivity index (χ0n) is 13.5. The summed E-state index contributed by atoms with van der Waals surface area (Å²) in [7, 11) is 2.82. The maximum Gasteiger partial charge on any atom is 0.337 e. The molecule has 128 valence electrons. The molecule has 1 atom stereocenters.